The lowest BCUT2D eigenvalue weighted by atomic mass is 10.00. The zero-order valence-corrected chi connectivity index (χ0v) is 26.6. The van der Waals surface area contributed by atoms with Gasteiger partial charge in [0.05, 0.1) is 28.1 Å². The fourth-order valence-electron chi connectivity index (χ4n) is 7.47. The van der Waals surface area contributed by atoms with Crippen molar-refractivity contribution in [3.8, 4) is 39.6 Å². The van der Waals surface area contributed by atoms with Crippen LogP contribution in [-0.4, -0.2) is 14.5 Å². The molecule has 2 heterocycles. The molecule has 0 radical (unpaired) electrons. The third kappa shape index (κ3) is 4.44. The second-order valence-electron chi connectivity index (χ2n) is 12.6. The van der Waals surface area contributed by atoms with E-state index in [1.165, 1.54) is 43.4 Å². The van der Waals surface area contributed by atoms with E-state index < -0.39 is 0 Å². The van der Waals surface area contributed by atoms with E-state index in [1.807, 2.05) is 6.07 Å². The Labute approximate surface area is 283 Å². The first-order valence-corrected chi connectivity index (χ1v) is 16.7. The van der Waals surface area contributed by atoms with Crippen LogP contribution in [0.2, 0.25) is 0 Å². The fraction of sp³-hybridized carbons (Fsp3) is 0. The molecule has 0 bridgehead atoms. The van der Waals surface area contributed by atoms with Gasteiger partial charge in [-0.25, -0.2) is 9.97 Å². The number of aromatic nitrogens is 3. The molecule has 0 spiro atoms. The van der Waals surface area contributed by atoms with Crippen LogP contribution in [0.3, 0.4) is 0 Å². The van der Waals surface area contributed by atoms with Gasteiger partial charge in [0, 0.05) is 38.2 Å². The van der Waals surface area contributed by atoms with Crippen LogP contribution in [0, 0.1) is 0 Å². The second kappa shape index (κ2) is 11.0. The third-order valence-electron chi connectivity index (χ3n) is 9.78. The highest BCUT2D eigenvalue weighted by molar-refractivity contribution is 6.19. The molecule has 228 valence electrons. The van der Waals surface area contributed by atoms with Crippen LogP contribution in [-0.2, 0) is 0 Å². The minimum Gasteiger partial charge on any atom is -0.308 e. The van der Waals surface area contributed by atoms with Crippen LogP contribution in [0.15, 0.2) is 176 Å². The summed E-state index contributed by atoms with van der Waals surface area (Å²) in [6, 6.07) is 62.6. The Kier molecular flexibility index (Phi) is 6.18. The van der Waals surface area contributed by atoms with Gasteiger partial charge in [-0.3, -0.25) is 0 Å². The number of fused-ring (bicyclic) bond motifs is 7. The molecule has 3 heteroatoms. The lowest BCUT2D eigenvalue weighted by Crippen LogP contribution is -1.99. The number of rotatable bonds is 4. The highest BCUT2D eigenvalue weighted by atomic mass is 15.0. The molecular weight excluding hydrogens is 595 g/mol. The Morgan fingerprint density at radius 1 is 0.367 bits per heavy atom. The van der Waals surface area contributed by atoms with Crippen LogP contribution < -0.4 is 0 Å². The van der Waals surface area contributed by atoms with Crippen molar-refractivity contribution in [2.45, 2.75) is 0 Å². The molecule has 8 aromatic carbocycles. The first-order chi connectivity index (χ1) is 24.3. The average Bonchev–Trinajstić information content (AvgIpc) is 3.52. The quantitative estimate of drug-likeness (QED) is 0.195. The lowest BCUT2D eigenvalue weighted by molar-refractivity contribution is 1.18. The molecule has 0 atom stereocenters. The summed E-state index contributed by atoms with van der Waals surface area (Å²) in [6.07, 6.45) is 0. The van der Waals surface area contributed by atoms with Gasteiger partial charge in [-0.1, -0.05) is 146 Å². The molecule has 0 saturated heterocycles. The molecule has 0 amide bonds. The monoisotopic (exact) mass is 623 g/mol. The Morgan fingerprint density at radius 2 is 1.00 bits per heavy atom. The molecule has 0 aliphatic rings. The van der Waals surface area contributed by atoms with Gasteiger partial charge >= 0.3 is 0 Å². The second-order valence-corrected chi connectivity index (χ2v) is 12.6. The van der Waals surface area contributed by atoms with Gasteiger partial charge in [-0.2, -0.15) is 0 Å². The smallest absolute Gasteiger partial charge is 0.161 e. The first-order valence-electron chi connectivity index (χ1n) is 16.7. The molecule has 0 N–H and O–H groups in total. The van der Waals surface area contributed by atoms with Crippen LogP contribution in [0.25, 0.3) is 93.7 Å². The van der Waals surface area contributed by atoms with Crippen molar-refractivity contribution < 1.29 is 0 Å². The van der Waals surface area contributed by atoms with Crippen molar-refractivity contribution in [3.63, 3.8) is 0 Å². The number of para-hydroxylation sites is 1. The summed E-state index contributed by atoms with van der Waals surface area (Å²) in [5.74, 6) is 0.708. The SMILES string of the molecule is c1ccc(-c2cc(-c3ccc4ccccc4c3)nc(-c3ccc(-n4c5ccccc5c5ccc6ccccc6c54)c4ccccc34)n2)cc1. The van der Waals surface area contributed by atoms with Crippen molar-refractivity contribution in [1.29, 1.82) is 0 Å². The van der Waals surface area contributed by atoms with Crippen molar-refractivity contribution >= 4 is 54.1 Å². The van der Waals surface area contributed by atoms with Crippen molar-refractivity contribution in [1.82, 2.24) is 14.5 Å². The van der Waals surface area contributed by atoms with E-state index in [9.17, 15) is 0 Å². The summed E-state index contributed by atoms with van der Waals surface area (Å²) in [6.45, 7) is 0. The van der Waals surface area contributed by atoms with Crippen LogP contribution in [0.4, 0.5) is 0 Å². The Morgan fingerprint density at radius 3 is 1.84 bits per heavy atom. The van der Waals surface area contributed by atoms with Crippen molar-refractivity contribution in [2.75, 3.05) is 0 Å². The average molecular weight is 624 g/mol. The van der Waals surface area contributed by atoms with E-state index in [0.29, 0.717) is 5.82 Å². The van der Waals surface area contributed by atoms with Crippen LogP contribution in [0.1, 0.15) is 0 Å². The van der Waals surface area contributed by atoms with Crippen LogP contribution >= 0.6 is 0 Å². The highest BCUT2D eigenvalue weighted by Gasteiger charge is 2.19. The van der Waals surface area contributed by atoms with E-state index in [0.717, 1.165) is 44.5 Å². The van der Waals surface area contributed by atoms with E-state index in [1.54, 1.807) is 0 Å². The number of benzene rings is 8. The normalized spacial score (nSPS) is 11.7. The molecule has 0 unspecified atom stereocenters. The summed E-state index contributed by atoms with van der Waals surface area (Å²) >= 11 is 0. The maximum absolute atomic E-state index is 5.27. The summed E-state index contributed by atoms with van der Waals surface area (Å²) in [7, 11) is 0. The largest absolute Gasteiger partial charge is 0.308 e. The van der Waals surface area contributed by atoms with E-state index in [4.69, 9.17) is 9.97 Å². The van der Waals surface area contributed by atoms with E-state index >= 15 is 0 Å². The summed E-state index contributed by atoms with van der Waals surface area (Å²) in [4.78, 5) is 10.5. The molecule has 3 nitrogen and oxygen atoms in total. The minimum absolute atomic E-state index is 0.708. The van der Waals surface area contributed by atoms with Gasteiger partial charge in [0.15, 0.2) is 5.82 Å². The standard InChI is InChI=1S/C46H29N3/c1-2-14-32(15-3-1)41-29-42(34-23-22-30-12-4-5-16-33(30)28-34)48-46(47-41)40-26-27-44(37-19-9-8-18-36(37)40)49-43-21-11-10-20-38(43)39-25-24-31-13-6-7-17-35(31)45(39)49/h1-29H. The van der Waals surface area contributed by atoms with Gasteiger partial charge in [-0.05, 0) is 51.9 Å². The summed E-state index contributed by atoms with van der Waals surface area (Å²) in [5.41, 5.74) is 8.47. The number of hydrogen-bond donors (Lipinski definition) is 0. The molecule has 49 heavy (non-hydrogen) atoms. The van der Waals surface area contributed by atoms with Gasteiger partial charge < -0.3 is 4.57 Å². The molecule has 10 rings (SSSR count). The maximum atomic E-state index is 5.27. The van der Waals surface area contributed by atoms with Gasteiger partial charge in [0.25, 0.3) is 0 Å². The topological polar surface area (TPSA) is 30.7 Å². The highest BCUT2D eigenvalue weighted by Crippen LogP contribution is 2.40. The predicted octanol–water partition coefficient (Wildman–Crippen LogP) is 12.0. The van der Waals surface area contributed by atoms with E-state index in [-0.39, 0.29) is 0 Å². The minimum atomic E-state index is 0.708. The van der Waals surface area contributed by atoms with Crippen LogP contribution in [0.5, 0.6) is 0 Å². The van der Waals surface area contributed by atoms with Gasteiger partial charge in [0.1, 0.15) is 0 Å². The molecular formula is C46H29N3. The molecule has 0 fully saturated rings. The van der Waals surface area contributed by atoms with Crippen molar-refractivity contribution in [2.24, 2.45) is 0 Å². The van der Waals surface area contributed by atoms with Gasteiger partial charge in [-0.15, -0.1) is 0 Å². The first kappa shape index (κ1) is 27.5. The molecule has 0 aliphatic heterocycles. The lowest BCUT2D eigenvalue weighted by Gasteiger charge is -2.16. The zero-order valence-electron chi connectivity index (χ0n) is 26.6. The Hall–Kier alpha value is -6.58. The number of hydrogen-bond acceptors (Lipinski definition) is 2. The van der Waals surface area contributed by atoms with Gasteiger partial charge in [0.2, 0.25) is 0 Å². The van der Waals surface area contributed by atoms with E-state index in [2.05, 4.69) is 174 Å². The summed E-state index contributed by atoms with van der Waals surface area (Å²) < 4.78 is 2.45. The third-order valence-corrected chi connectivity index (χ3v) is 9.78. The maximum Gasteiger partial charge on any atom is 0.161 e. The Bertz CT molecular complexity index is 2880. The molecule has 0 aliphatic carbocycles. The fourth-order valence-corrected chi connectivity index (χ4v) is 7.47. The molecule has 10 aromatic rings. The summed E-state index contributed by atoms with van der Waals surface area (Å²) in [5, 5.41) is 9.63. The Balaban J connectivity index is 1.24. The molecule has 2 aromatic heterocycles. The van der Waals surface area contributed by atoms with Crippen molar-refractivity contribution in [3.05, 3.63) is 176 Å². The zero-order chi connectivity index (χ0) is 32.3. The molecule has 0 saturated carbocycles. The number of nitrogens with zero attached hydrogens (tertiary/aromatic N) is 3. The predicted molar refractivity (Wildman–Crippen MR) is 205 cm³/mol.